The van der Waals surface area contributed by atoms with Gasteiger partial charge in [-0.1, -0.05) is 134 Å². The molecule has 2 aromatic rings. The lowest BCUT2D eigenvalue weighted by molar-refractivity contribution is -0.919. The molecule has 0 heterocycles. The average molecular weight is 539 g/mol. The Morgan fingerprint density at radius 3 is 1.87 bits per heavy atom. The van der Waals surface area contributed by atoms with Crippen molar-refractivity contribution in [3.63, 3.8) is 0 Å². The predicted molar refractivity (Wildman–Crippen MR) is 164 cm³/mol. The van der Waals surface area contributed by atoms with Gasteiger partial charge in [-0.05, 0) is 24.5 Å². The van der Waals surface area contributed by atoms with Crippen molar-refractivity contribution in [3.8, 4) is 5.75 Å². The summed E-state index contributed by atoms with van der Waals surface area (Å²) in [6, 6.07) is 18.3. The van der Waals surface area contributed by atoms with Gasteiger partial charge in [-0.2, -0.15) is 0 Å². The second-order valence-electron chi connectivity index (χ2n) is 11.6. The Morgan fingerprint density at radius 2 is 1.28 bits per heavy atom. The largest absolute Gasteiger partial charge is 0.455 e. The number of carbonyl (C=O) groups excluding carboxylic acids is 1. The van der Waals surface area contributed by atoms with Crippen LogP contribution in [0.2, 0.25) is 0 Å². The van der Waals surface area contributed by atoms with E-state index in [4.69, 9.17) is 9.47 Å². The lowest BCUT2D eigenvalue weighted by Gasteiger charge is -2.36. The molecule has 39 heavy (non-hydrogen) atoms. The molecule has 0 saturated heterocycles. The molecule has 218 valence electrons. The van der Waals surface area contributed by atoms with E-state index < -0.39 is 6.29 Å². The van der Waals surface area contributed by atoms with Gasteiger partial charge in [0.15, 0.2) is 6.04 Å². The first kappa shape index (κ1) is 32.9. The van der Waals surface area contributed by atoms with E-state index in [0.717, 1.165) is 25.1 Å². The Kier molecular flexibility index (Phi) is 15.9. The fourth-order valence-electron chi connectivity index (χ4n) is 5.46. The Morgan fingerprint density at radius 1 is 0.718 bits per heavy atom. The summed E-state index contributed by atoms with van der Waals surface area (Å²) in [5.41, 5.74) is 2.42. The fraction of sp³-hybridized carbons (Fsp3) is 0.629. The SMILES string of the molecule is CCCCCCCCCCCCCc1ccccc1OC(CC)OC(=O)C(CC)[N+](C)(C)Cc1ccccc1. The van der Waals surface area contributed by atoms with Gasteiger partial charge in [0.1, 0.15) is 12.3 Å². The van der Waals surface area contributed by atoms with Gasteiger partial charge in [-0.3, -0.25) is 0 Å². The molecule has 2 rings (SSSR count). The van der Waals surface area contributed by atoms with Gasteiger partial charge >= 0.3 is 5.97 Å². The Balaban J connectivity index is 1.82. The fourth-order valence-corrected chi connectivity index (χ4v) is 5.46. The summed E-state index contributed by atoms with van der Waals surface area (Å²) in [5, 5.41) is 0. The molecule has 2 atom stereocenters. The molecule has 0 aromatic heterocycles. The number of unbranched alkanes of at least 4 members (excludes halogenated alkanes) is 10. The average Bonchev–Trinajstić information content (AvgIpc) is 2.92. The van der Waals surface area contributed by atoms with Crippen molar-refractivity contribution in [2.24, 2.45) is 0 Å². The van der Waals surface area contributed by atoms with Crippen LogP contribution in [0.25, 0.3) is 0 Å². The smallest absolute Gasteiger partial charge is 0.368 e. The summed E-state index contributed by atoms with van der Waals surface area (Å²) < 4.78 is 12.8. The van der Waals surface area contributed by atoms with Crippen LogP contribution in [0.1, 0.15) is 115 Å². The van der Waals surface area contributed by atoms with Gasteiger partial charge in [-0.25, -0.2) is 4.79 Å². The van der Waals surface area contributed by atoms with Gasteiger partial charge in [0.2, 0.25) is 6.29 Å². The number of hydrogen-bond donors (Lipinski definition) is 0. The number of benzene rings is 2. The van der Waals surface area contributed by atoms with Crippen LogP contribution in [-0.2, 0) is 22.5 Å². The van der Waals surface area contributed by atoms with E-state index in [1.807, 2.05) is 37.3 Å². The topological polar surface area (TPSA) is 35.5 Å². The maximum absolute atomic E-state index is 13.3. The molecule has 0 aliphatic heterocycles. The highest BCUT2D eigenvalue weighted by Crippen LogP contribution is 2.25. The predicted octanol–water partition coefficient (Wildman–Crippen LogP) is 9.25. The molecule has 4 nitrogen and oxygen atoms in total. The van der Waals surface area contributed by atoms with Crippen molar-refractivity contribution >= 4 is 5.97 Å². The number of nitrogens with zero attached hydrogens (tertiary/aromatic N) is 1. The summed E-state index contributed by atoms with van der Waals surface area (Å²) in [6.07, 6.45) is 16.5. The molecule has 0 bridgehead atoms. The zero-order chi connectivity index (χ0) is 28.3. The maximum Gasteiger partial charge on any atom is 0.368 e. The number of ether oxygens (including phenoxy) is 2. The quantitative estimate of drug-likeness (QED) is 0.0687. The first-order valence-electron chi connectivity index (χ1n) is 15.7. The molecule has 0 aliphatic rings. The molecule has 0 saturated carbocycles. The van der Waals surface area contributed by atoms with E-state index in [9.17, 15) is 4.79 Å². The number of esters is 1. The van der Waals surface area contributed by atoms with Crippen LogP contribution in [0, 0.1) is 0 Å². The van der Waals surface area contributed by atoms with Crippen molar-refractivity contribution in [2.45, 2.75) is 130 Å². The molecule has 0 aliphatic carbocycles. The molecule has 0 amide bonds. The molecule has 0 fully saturated rings. The standard InChI is InChI=1S/C35H56NO3/c1-6-9-10-11-12-13-14-15-16-17-21-26-31-27-22-23-28-33(31)38-34(8-3)39-35(37)32(7-2)36(4,5)29-30-24-19-18-20-25-30/h18-20,22-25,27-28,32,34H,6-17,21,26,29H2,1-5H3/q+1. The van der Waals surface area contributed by atoms with Crippen LogP contribution in [-0.4, -0.2) is 36.9 Å². The highest BCUT2D eigenvalue weighted by molar-refractivity contribution is 5.74. The van der Waals surface area contributed by atoms with Crippen molar-refractivity contribution in [1.82, 2.24) is 0 Å². The van der Waals surface area contributed by atoms with E-state index >= 15 is 0 Å². The van der Waals surface area contributed by atoms with E-state index in [1.165, 1.54) is 75.3 Å². The van der Waals surface area contributed by atoms with Crippen LogP contribution < -0.4 is 4.74 Å². The van der Waals surface area contributed by atoms with Crippen molar-refractivity contribution < 1.29 is 18.8 Å². The van der Waals surface area contributed by atoms with Crippen LogP contribution in [0.5, 0.6) is 5.75 Å². The minimum Gasteiger partial charge on any atom is -0.455 e. The first-order valence-corrected chi connectivity index (χ1v) is 15.7. The number of likely N-dealkylation sites (N-methyl/N-ethyl adjacent to an activating group) is 1. The third-order valence-corrected chi connectivity index (χ3v) is 7.80. The Labute approximate surface area is 239 Å². The first-order chi connectivity index (χ1) is 18.9. The molecule has 2 unspecified atom stereocenters. The van der Waals surface area contributed by atoms with Gasteiger partial charge in [0.25, 0.3) is 0 Å². The van der Waals surface area contributed by atoms with Gasteiger partial charge in [0, 0.05) is 18.4 Å². The van der Waals surface area contributed by atoms with Crippen LogP contribution in [0.3, 0.4) is 0 Å². The second-order valence-corrected chi connectivity index (χ2v) is 11.6. The highest BCUT2D eigenvalue weighted by Gasteiger charge is 2.36. The number of carbonyl (C=O) groups is 1. The van der Waals surface area contributed by atoms with Crippen LogP contribution >= 0.6 is 0 Å². The molecule has 0 radical (unpaired) electrons. The van der Waals surface area contributed by atoms with E-state index in [2.05, 4.69) is 52.2 Å². The molecule has 0 N–H and O–H groups in total. The van der Waals surface area contributed by atoms with E-state index in [1.54, 1.807) is 0 Å². The second kappa shape index (κ2) is 18.9. The zero-order valence-electron chi connectivity index (χ0n) is 25.6. The van der Waals surface area contributed by atoms with E-state index in [-0.39, 0.29) is 12.0 Å². The Bertz CT molecular complexity index is 911. The molecular formula is C35H56NO3+. The molecular weight excluding hydrogens is 482 g/mol. The summed E-state index contributed by atoms with van der Waals surface area (Å²) in [6.45, 7) is 7.11. The van der Waals surface area contributed by atoms with Gasteiger partial charge in [-0.15, -0.1) is 0 Å². The Hall–Kier alpha value is -2.33. The lowest BCUT2D eigenvalue weighted by atomic mass is 10.0. The molecule has 2 aromatic carbocycles. The van der Waals surface area contributed by atoms with E-state index in [0.29, 0.717) is 17.3 Å². The zero-order valence-corrected chi connectivity index (χ0v) is 25.6. The highest BCUT2D eigenvalue weighted by atomic mass is 16.7. The third kappa shape index (κ3) is 12.6. The summed E-state index contributed by atoms with van der Waals surface area (Å²) in [5.74, 6) is 0.656. The third-order valence-electron chi connectivity index (χ3n) is 7.80. The molecule has 4 heteroatoms. The summed E-state index contributed by atoms with van der Waals surface area (Å²) in [7, 11) is 4.21. The van der Waals surface area contributed by atoms with Crippen LogP contribution in [0.15, 0.2) is 54.6 Å². The van der Waals surface area contributed by atoms with Crippen molar-refractivity contribution in [3.05, 3.63) is 65.7 Å². The summed E-state index contributed by atoms with van der Waals surface area (Å²) in [4.78, 5) is 13.3. The van der Waals surface area contributed by atoms with Gasteiger partial charge in [0.05, 0.1) is 14.1 Å². The number of para-hydroxylation sites is 1. The van der Waals surface area contributed by atoms with Crippen molar-refractivity contribution in [2.75, 3.05) is 14.1 Å². The number of quaternary nitrogens is 1. The number of hydrogen-bond acceptors (Lipinski definition) is 3. The molecule has 0 spiro atoms. The van der Waals surface area contributed by atoms with Crippen LogP contribution in [0.4, 0.5) is 0 Å². The van der Waals surface area contributed by atoms with Crippen molar-refractivity contribution in [1.29, 1.82) is 0 Å². The number of rotatable bonds is 21. The normalized spacial score (nSPS) is 13.2. The summed E-state index contributed by atoms with van der Waals surface area (Å²) >= 11 is 0. The monoisotopic (exact) mass is 538 g/mol. The maximum atomic E-state index is 13.3. The lowest BCUT2D eigenvalue weighted by Crippen LogP contribution is -2.53. The number of aryl methyl sites for hydroxylation is 1. The minimum atomic E-state index is -0.582. The minimum absolute atomic E-state index is 0.187. The van der Waals surface area contributed by atoms with Gasteiger partial charge < -0.3 is 14.0 Å².